The largest absolute Gasteiger partial charge is 0.285 e. The first kappa shape index (κ1) is 7.49. The normalized spacial score (nSPS) is 8.73. The average Bonchev–Trinajstić information content (AvgIpc) is 2.05. The lowest BCUT2D eigenvalue weighted by molar-refractivity contribution is 0.562. The fourth-order valence-corrected chi connectivity index (χ4v) is 0.699. The van der Waals surface area contributed by atoms with E-state index in [-0.39, 0.29) is 11.1 Å². The van der Waals surface area contributed by atoms with Gasteiger partial charge in [-0.05, 0) is 18.2 Å². The molecule has 0 unspecified atom stereocenters. The molecule has 1 aromatic rings. The van der Waals surface area contributed by atoms with E-state index in [1.165, 1.54) is 12.1 Å². The smallest absolute Gasteiger partial charge is 0.233 e. The predicted octanol–water partition coefficient (Wildman–Crippen LogP) is 1.26. The van der Waals surface area contributed by atoms with Crippen LogP contribution in [0.1, 0.15) is 11.1 Å². The Balaban J connectivity index is 3.25. The van der Waals surface area contributed by atoms with Crippen molar-refractivity contribution < 1.29 is 9.18 Å². The molecular formula is C9H4FO. The summed E-state index contributed by atoms with van der Waals surface area (Å²) in [6.45, 7) is 0. The van der Waals surface area contributed by atoms with Crippen molar-refractivity contribution in [3.63, 3.8) is 0 Å². The Morgan fingerprint density at radius 1 is 1.45 bits per heavy atom. The first-order valence-electron chi connectivity index (χ1n) is 2.92. The van der Waals surface area contributed by atoms with Crippen molar-refractivity contribution in [2.45, 2.75) is 0 Å². The molecule has 0 fully saturated rings. The van der Waals surface area contributed by atoms with Crippen molar-refractivity contribution in [2.24, 2.45) is 0 Å². The third kappa shape index (κ3) is 1.44. The maximum atomic E-state index is 12.6. The zero-order chi connectivity index (χ0) is 8.27. The Bertz CT molecular complexity index is 323. The van der Waals surface area contributed by atoms with E-state index in [2.05, 4.69) is 5.92 Å². The summed E-state index contributed by atoms with van der Waals surface area (Å²) in [6.07, 6.45) is 6.57. The van der Waals surface area contributed by atoms with Gasteiger partial charge in [-0.3, -0.25) is 4.79 Å². The van der Waals surface area contributed by atoms with Gasteiger partial charge >= 0.3 is 0 Å². The molecule has 0 saturated heterocycles. The summed E-state index contributed by atoms with van der Waals surface area (Å²) < 4.78 is 12.6. The van der Waals surface area contributed by atoms with Crippen LogP contribution in [0.4, 0.5) is 4.39 Å². The highest BCUT2D eigenvalue weighted by molar-refractivity contribution is 5.76. The van der Waals surface area contributed by atoms with Crippen LogP contribution in [0.3, 0.4) is 0 Å². The maximum Gasteiger partial charge on any atom is 0.233 e. The van der Waals surface area contributed by atoms with Crippen molar-refractivity contribution in [1.82, 2.24) is 0 Å². The van der Waals surface area contributed by atoms with Crippen molar-refractivity contribution in [3.8, 4) is 12.3 Å². The van der Waals surface area contributed by atoms with Crippen molar-refractivity contribution in [3.05, 3.63) is 35.1 Å². The van der Waals surface area contributed by atoms with Crippen LogP contribution in [0.2, 0.25) is 0 Å². The maximum absolute atomic E-state index is 12.6. The van der Waals surface area contributed by atoms with E-state index in [4.69, 9.17) is 6.42 Å². The lowest BCUT2D eigenvalue weighted by Gasteiger charge is -1.93. The van der Waals surface area contributed by atoms with Gasteiger partial charge in [-0.15, -0.1) is 6.42 Å². The average molecular weight is 147 g/mol. The monoisotopic (exact) mass is 147 g/mol. The summed E-state index contributed by atoms with van der Waals surface area (Å²) in [5, 5.41) is 0. The van der Waals surface area contributed by atoms with Crippen LogP contribution in [-0.2, 0) is 4.79 Å². The van der Waals surface area contributed by atoms with Crippen LogP contribution < -0.4 is 0 Å². The minimum atomic E-state index is -0.494. The highest BCUT2D eigenvalue weighted by atomic mass is 19.1. The minimum absolute atomic E-state index is 0.0888. The molecule has 0 aliphatic heterocycles. The second kappa shape index (κ2) is 2.98. The van der Waals surface area contributed by atoms with E-state index < -0.39 is 5.82 Å². The summed E-state index contributed by atoms with van der Waals surface area (Å²) >= 11 is 0. The highest BCUT2D eigenvalue weighted by Gasteiger charge is 1.99. The van der Waals surface area contributed by atoms with Crippen molar-refractivity contribution in [1.29, 1.82) is 0 Å². The molecule has 1 nitrogen and oxygen atoms in total. The lowest BCUT2D eigenvalue weighted by Crippen LogP contribution is -1.86. The molecule has 0 aliphatic carbocycles. The van der Waals surface area contributed by atoms with Crippen LogP contribution in [0.15, 0.2) is 18.2 Å². The molecule has 0 saturated carbocycles. The highest BCUT2D eigenvalue weighted by Crippen LogP contribution is 2.07. The van der Waals surface area contributed by atoms with Gasteiger partial charge in [-0.25, -0.2) is 4.39 Å². The Morgan fingerprint density at radius 3 is 2.73 bits per heavy atom. The number of rotatable bonds is 1. The van der Waals surface area contributed by atoms with E-state index >= 15 is 0 Å². The topological polar surface area (TPSA) is 17.1 Å². The molecule has 1 aromatic carbocycles. The molecule has 2 heteroatoms. The molecule has 0 bridgehead atoms. The van der Waals surface area contributed by atoms with Crippen LogP contribution in [0.25, 0.3) is 0 Å². The van der Waals surface area contributed by atoms with Gasteiger partial charge in [0.25, 0.3) is 0 Å². The van der Waals surface area contributed by atoms with Gasteiger partial charge in [0.15, 0.2) is 0 Å². The standard InChI is InChI=1S/C9H4FO/c1-2-8-5-7(6-11)3-4-9(8)10/h1,3-5H. The van der Waals surface area contributed by atoms with Crippen LogP contribution in [-0.4, -0.2) is 6.29 Å². The molecule has 1 rings (SSSR count). The zero-order valence-electron chi connectivity index (χ0n) is 5.60. The molecule has 0 aromatic heterocycles. The third-order valence-electron chi connectivity index (χ3n) is 1.24. The molecule has 0 amide bonds. The number of benzene rings is 1. The van der Waals surface area contributed by atoms with E-state index in [0.717, 1.165) is 6.07 Å². The van der Waals surface area contributed by atoms with Gasteiger partial charge in [0.05, 0.1) is 5.56 Å². The Kier molecular flexibility index (Phi) is 2.03. The van der Waals surface area contributed by atoms with Gasteiger partial charge in [-0.2, -0.15) is 0 Å². The number of terminal acetylenes is 1. The van der Waals surface area contributed by atoms with E-state index in [0.29, 0.717) is 0 Å². The fourth-order valence-electron chi connectivity index (χ4n) is 0.699. The molecule has 1 radical (unpaired) electrons. The second-order valence-electron chi connectivity index (χ2n) is 1.94. The number of halogens is 1. The van der Waals surface area contributed by atoms with E-state index in [1.807, 2.05) is 0 Å². The number of carbonyl (C=O) groups excluding carboxylic acids is 1. The molecule has 53 valence electrons. The van der Waals surface area contributed by atoms with Gasteiger partial charge < -0.3 is 0 Å². The zero-order valence-corrected chi connectivity index (χ0v) is 5.60. The summed E-state index contributed by atoms with van der Waals surface area (Å²) in [7, 11) is 0. The Labute approximate surface area is 63.9 Å². The summed E-state index contributed by atoms with van der Waals surface area (Å²) in [6, 6.07) is 3.75. The Morgan fingerprint density at radius 2 is 2.18 bits per heavy atom. The number of hydrogen-bond acceptors (Lipinski definition) is 1. The summed E-state index contributed by atoms with van der Waals surface area (Å²) in [5.74, 6) is 1.62. The lowest BCUT2D eigenvalue weighted by atomic mass is 10.1. The molecule has 0 spiro atoms. The second-order valence-corrected chi connectivity index (χ2v) is 1.94. The molecule has 0 N–H and O–H groups in total. The van der Waals surface area contributed by atoms with Gasteiger partial charge in [0.2, 0.25) is 6.29 Å². The van der Waals surface area contributed by atoms with Crippen LogP contribution in [0, 0.1) is 18.2 Å². The van der Waals surface area contributed by atoms with Crippen LogP contribution >= 0.6 is 0 Å². The minimum Gasteiger partial charge on any atom is -0.285 e. The fraction of sp³-hybridized carbons (Fsp3) is 0. The molecular weight excluding hydrogens is 143 g/mol. The third-order valence-corrected chi connectivity index (χ3v) is 1.24. The molecule has 0 heterocycles. The molecule has 11 heavy (non-hydrogen) atoms. The Hall–Kier alpha value is -1.62. The van der Waals surface area contributed by atoms with E-state index in [1.54, 1.807) is 6.29 Å². The molecule has 0 atom stereocenters. The van der Waals surface area contributed by atoms with Gasteiger partial charge in [0.1, 0.15) is 5.82 Å². The van der Waals surface area contributed by atoms with E-state index in [9.17, 15) is 9.18 Å². The quantitative estimate of drug-likeness (QED) is 0.546. The van der Waals surface area contributed by atoms with Gasteiger partial charge in [-0.1, -0.05) is 5.92 Å². The van der Waals surface area contributed by atoms with Gasteiger partial charge in [0, 0.05) is 5.56 Å². The number of hydrogen-bond donors (Lipinski definition) is 0. The predicted molar refractivity (Wildman–Crippen MR) is 39.1 cm³/mol. The van der Waals surface area contributed by atoms with Crippen molar-refractivity contribution >= 4 is 6.29 Å². The first-order valence-corrected chi connectivity index (χ1v) is 2.92. The molecule has 0 aliphatic rings. The SMILES string of the molecule is C#Cc1cc([C]=O)ccc1F. The summed E-state index contributed by atoms with van der Waals surface area (Å²) in [5.41, 5.74) is 0.352. The van der Waals surface area contributed by atoms with Crippen LogP contribution in [0.5, 0.6) is 0 Å². The summed E-state index contributed by atoms with van der Waals surface area (Å²) in [4.78, 5) is 10.1. The first-order chi connectivity index (χ1) is 5.27. The van der Waals surface area contributed by atoms with Crippen molar-refractivity contribution in [2.75, 3.05) is 0 Å².